The van der Waals surface area contributed by atoms with Crippen LogP contribution in [0.1, 0.15) is 12.8 Å². The van der Waals surface area contributed by atoms with Gasteiger partial charge in [-0.15, -0.1) is 12.6 Å². The van der Waals surface area contributed by atoms with Crippen molar-refractivity contribution in [1.29, 1.82) is 0 Å². The molecule has 2 aromatic rings. The Morgan fingerprint density at radius 1 is 1.48 bits per heavy atom. The lowest BCUT2D eigenvalue weighted by molar-refractivity contribution is -0.148. The molecule has 2 atom stereocenters. The average Bonchev–Trinajstić information content (AvgIpc) is 3.20. The van der Waals surface area contributed by atoms with E-state index in [1.165, 1.54) is 4.90 Å². The number of carboxylic acid groups (broad SMARTS) is 1. The standard InChI is InChI=1S/C15H16N4O5S/c20-12(21)10-5-3-7-19(10)13(22)15(25,8-16-23)18-14-17-9-4-1-2-6-11(9)24-14/h1-2,4,6,10,25H,3,5,7-8H2,(H,17,18)(H,20,21)/t10?,15-/m1/s1. The quantitative estimate of drug-likeness (QED) is 0.405. The first-order valence-corrected chi connectivity index (χ1v) is 8.08. The Morgan fingerprint density at radius 3 is 2.92 bits per heavy atom. The van der Waals surface area contributed by atoms with Gasteiger partial charge in [0.25, 0.3) is 11.9 Å². The summed E-state index contributed by atoms with van der Waals surface area (Å²) in [6, 6.07) is 6.03. The molecule has 1 aliphatic rings. The summed E-state index contributed by atoms with van der Waals surface area (Å²) in [4.78, 5) is 38.6. The summed E-state index contributed by atoms with van der Waals surface area (Å²) in [5.41, 5.74) is 1.06. The molecule has 1 aromatic heterocycles. The van der Waals surface area contributed by atoms with Crippen LogP contribution in [0, 0.1) is 4.91 Å². The molecule has 1 saturated heterocycles. The van der Waals surface area contributed by atoms with Crippen LogP contribution >= 0.6 is 12.6 Å². The number of rotatable bonds is 6. The van der Waals surface area contributed by atoms with Crippen molar-refractivity contribution in [2.45, 2.75) is 23.8 Å². The van der Waals surface area contributed by atoms with Gasteiger partial charge in [-0.25, -0.2) is 4.79 Å². The number of aliphatic carboxylic acids is 1. The molecule has 0 saturated carbocycles. The smallest absolute Gasteiger partial charge is 0.326 e. The second kappa shape index (κ2) is 6.71. The normalized spacial score (nSPS) is 19.6. The second-order valence-corrected chi connectivity index (χ2v) is 6.52. The summed E-state index contributed by atoms with van der Waals surface area (Å²) in [5.74, 6) is -1.75. The number of hydrogen-bond acceptors (Lipinski definition) is 8. The number of amides is 1. The van der Waals surface area contributed by atoms with Gasteiger partial charge in [0.2, 0.25) is 0 Å². The molecule has 3 rings (SSSR count). The van der Waals surface area contributed by atoms with E-state index >= 15 is 0 Å². The summed E-state index contributed by atoms with van der Waals surface area (Å²) >= 11 is 4.28. The van der Waals surface area contributed by atoms with Crippen molar-refractivity contribution in [3.05, 3.63) is 29.2 Å². The SMILES string of the molecule is O=NC[C@](S)(Nc1nc2ccccc2o1)C(=O)N1CCCC1C(=O)O. The zero-order valence-corrected chi connectivity index (χ0v) is 14.0. The lowest BCUT2D eigenvalue weighted by Crippen LogP contribution is -2.55. The number of hydrogen-bond donors (Lipinski definition) is 3. The number of carbonyl (C=O) groups is 2. The first-order chi connectivity index (χ1) is 11.9. The molecule has 9 nitrogen and oxygen atoms in total. The maximum atomic E-state index is 12.8. The number of oxazole rings is 1. The molecule has 1 unspecified atom stereocenters. The van der Waals surface area contributed by atoms with E-state index in [0.717, 1.165) is 0 Å². The monoisotopic (exact) mass is 364 g/mol. The van der Waals surface area contributed by atoms with Crippen LogP contribution in [0.15, 0.2) is 33.9 Å². The minimum Gasteiger partial charge on any atom is -0.480 e. The van der Waals surface area contributed by atoms with Crippen molar-refractivity contribution in [3.8, 4) is 0 Å². The summed E-state index contributed by atoms with van der Waals surface area (Å²) in [6.45, 7) is -0.247. The Morgan fingerprint density at radius 2 is 2.24 bits per heavy atom. The summed E-state index contributed by atoms with van der Waals surface area (Å²) in [6.07, 6.45) is 0.909. The first kappa shape index (κ1) is 17.2. The number of nitrogens with one attached hydrogen (secondary N) is 1. The topological polar surface area (TPSA) is 125 Å². The molecule has 1 aliphatic heterocycles. The number of para-hydroxylation sites is 2. The number of carboxylic acids is 1. The molecule has 1 fully saturated rings. The fourth-order valence-electron chi connectivity index (χ4n) is 2.86. The highest BCUT2D eigenvalue weighted by molar-refractivity contribution is 7.83. The van der Waals surface area contributed by atoms with Gasteiger partial charge < -0.3 is 19.7 Å². The summed E-state index contributed by atoms with van der Waals surface area (Å²) < 4.78 is 5.50. The summed E-state index contributed by atoms with van der Waals surface area (Å²) in [5, 5.41) is 14.7. The van der Waals surface area contributed by atoms with E-state index in [9.17, 15) is 19.6 Å². The van der Waals surface area contributed by atoms with Crippen molar-refractivity contribution in [3.63, 3.8) is 0 Å². The van der Waals surface area contributed by atoms with Gasteiger partial charge in [-0.3, -0.25) is 4.79 Å². The van der Waals surface area contributed by atoms with Crippen LogP contribution in [0.3, 0.4) is 0 Å². The maximum Gasteiger partial charge on any atom is 0.326 e. The van der Waals surface area contributed by atoms with Gasteiger partial charge in [-0.1, -0.05) is 17.3 Å². The van der Waals surface area contributed by atoms with E-state index in [0.29, 0.717) is 23.9 Å². The average molecular weight is 364 g/mol. The van der Waals surface area contributed by atoms with Gasteiger partial charge >= 0.3 is 5.97 Å². The number of likely N-dealkylation sites (tertiary alicyclic amines) is 1. The predicted molar refractivity (Wildman–Crippen MR) is 92.4 cm³/mol. The number of nitroso groups, excluding NO2 is 1. The van der Waals surface area contributed by atoms with Gasteiger partial charge in [-0.05, 0) is 25.0 Å². The number of anilines is 1. The number of nitrogens with zero attached hydrogens (tertiary/aromatic N) is 3. The van der Waals surface area contributed by atoms with Crippen molar-refractivity contribution in [1.82, 2.24) is 9.88 Å². The second-order valence-electron chi connectivity index (χ2n) is 5.75. The number of benzene rings is 1. The Balaban J connectivity index is 1.88. The highest BCUT2D eigenvalue weighted by atomic mass is 32.1. The minimum absolute atomic E-state index is 0.000674. The molecule has 0 radical (unpaired) electrons. The molecule has 0 bridgehead atoms. The van der Waals surface area contributed by atoms with Gasteiger partial charge in [0.1, 0.15) is 18.1 Å². The molecule has 2 N–H and O–H groups in total. The maximum absolute atomic E-state index is 12.8. The molecule has 0 aliphatic carbocycles. The van der Waals surface area contributed by atoms with Gasteiger partial charge in [0.05, 0.1) is 0 Å². The van der Waals surface area contributed by atoms with Crippen LogP contribution < -0.4 is 5.32 Å². The third-order valence-corrected chi connectivity index (χ3v) is 4.50. The van der Waals surface area contributed by atoms with Crippen molar-refractivity contribution in [2.24, 2.45) is 5.18 Å². The van der Waals surface area contributed by atoms with Crippen LogP contribution in [0.5, 0.6) is 0 Å². The van der Waals surface area contributed by atoms with E-state index < -0.39 is 29.3 Å². The van der Waals surface area contributed by atoms with E-state index in [1.54, 1.807) is 24.3 Å². The molecular formula is C15H16N4O5S. The predicted octanol–water partition coefficient (Wildman–Crippen LogP) is 1.71. The minimum atomic E-state index is -1.75. The lowest BCUT2D eigenvalue weighted by atomic mass is 10.2. The van der Waals surface area contributed by atoms with E-state index in [4.69, 9.17) is 4.42 Å². The van der Waals surface area contributed by atoms with Gasteiger partial charge in [0.15, 0.2) is 10.5 Å². The number of carbonyl (C=O) groups excluding carboxylic acids is 1. The molecule has 0 spiro atoms. The molecule has 25 heavy (non-hydrogen) atoms. The number of thiol groups is 1. The van der Waals surface area contributed by atoms with Crippen LogP contribution in [0.4, 0.5) is 6.01 Å². The van der Waals surface area contributed by atoms with Gasteiger partial charge in [-0.2, -0.15) is 9.89 Å². The molecule has 2 heterocycles. The third-order valence-electron chi connectivity index (χ3n) is 4.05. The van der Waals surface area contributed by atoms with Gasteiger partial charge in [0, 0.05) is 6.54 Å². The molecule has 132 valence electrons. The van der Waals surface area contributed by atoms with Crippen molar-refractivity contribution >= 4 is 41.6 Å². The Bertz CT molecular complexity index is 792. The van der Waals surface area contributed by atoms with E-state index in [2.05, 4.69) is 28.1 Å². The molecule has 1 aromatic carbocycles. The third kappa shape index (κ3) is 3.29. The molecular weight excluding hydrogens is 348 g/mol. The zero-order valence-electron chi connectivity index (χ0n) is 13.1. The van der Waals surface area contributed by atoms with E-state index in [-0.39, 0.29) is 12.6 Å². The van der Waals surface area contributed by atoms with Crippen molar-refractivity contribution in [2.75, 3.05) is 18.4 Å². The Kier molecular flexibility index (Phi) is 4.62. The Hall–Kier alpha value is -2.62. The first-order valence-electron chi connectivity index (χ1n) is 7.64. The highest BCUT2D eigenvalue weighted by Gasteiger charge is 2.45. The Labute approximate surface area is 147 Å². The fourth-order valence-corrected chi connectivity index (χ4v) is 3.14. The van der Waals surface area contributed by atoms with Crippen LogP contribution in [0.2, 0.25) is 0 Å². The molecule has 10 heteroatoms. The zero-order chi connectivity index (χ0) is 18.0. The highest BCUT2D eigenvalue weighted by Crippen LogP contribution is 2.28. The number of fused-ring (bicyclic) bond motifs is 1. The van der Waals surface area contributed by atoms with Crippen LogP contribution in [-0.4, -0.2) is 50.9 Å². The lowest BCUT2D eigenvalue weighted by Gasteiger charge is -2.31. The molecule has 1 amide bonds. The number of aromatic nitrogens is 1. The fraction of sp³-hybridized carbons (Fsp3) is 0.400. The van der Waals surface area contributed by atoms with E-state index in [1.807, 2.05) is 0 Å². The van der Waals surface area contributed by atoms with Crippen LogP contribution in [0.25, 0.3) is 11.1 Å². The van der Waals surface area contributed by atoms with Crippen molar-refractivity contribution < 1.29 is 19.1 Å². The van der Waals surface area contributed by atoms with Crippen LogP contribution in [-0.2, 0) is 9.59 Å². The summed E-state index contributed by atoms with van der Waals surface area (Å²) in [7, 11) is 0. The largest absolute Gasteiger partial charge is 0.480 e.